The van der Waals surface area contributed by atoms with E-state index in [1.165, 1.54) is 0 Å². The average Bonchev–Trinajstić information content (AvgIpc) is 2.27. The first kappa shape index (κ1) is 20.4. The number of hydrogen-bond donors (Lipinski definition) is 2. The van der Waals surface area contributed by atoms with Crippen molar-refractivity contribution in [1.29, 1.82) is 0 Å². The van der Waals surface area contributed by atoms with Crippen LogP contribution in [0.1, 0.15) is 26.2 Å². The van der Waals surface area contributed by atoms with Crippen molar-refractivity contribution in [3.63, 3.8) is 0 Å². The Morgan fingerprint density at radius 1 is 1.35 bits per heavy atom. The van der Waals surface area contributed by atoms with Crippen LogP contribution in [0.15, 0.2) is 12.7 Å². The third-order valence-corrected chi connectivity index (χ3v) is 2.93. The highest BCUT2D eigenvalue weighted by Crippen LogP contribution is 2.25. The number of carboxylic acids is 2. The molecule has 0 radical (unpaired) electrons. The fourth-order valence-electron chi connectivity index (χ4n) is 1.63. The van der Waals surface area contributed by atoms with Crippen molar-refractivity contribution in [2.45, 2.75) is 31.7 Å². The van der Waals surface area contributed by atoms with Gasteiger partial charge in [-0.2, -0.15) is 0 Å². The third kappa shape index (κ3) is 5.40. The van der Waals surface area contributed by atoms with Gasteiger partial charge in [0, 0.05) is 6.42 Å². The molecule has 0 heterocycles. The zero-order valence-corrected chi connectivity index (χ0v) is 12.5. The lowest BCUT2D eigenvalue weighted by Gasteiger charge is -2.43. The van der Waals surface area contributed by atoms with Crippen LogP contribution in [0.5, 0.6) is 0 Å². The molecule has 0 aliphatic heterocycles. The zero-order chi connectivity index (χ0) is 16.6. The maximum atomic E-state index is 11.2. The number of aliphatic carboxylic acids is 2. The quantitative estimate of drug-likeness (QED) is 0.358. The Kier molecular flexibility index (Phi) is 8.49. The van der Waals surface area contributed by atoms with Gasteiger partial charge in [-0.15, -0.1) is 0 Å². The van der Waals surface area contributed by atoms with Gasteiger partial charge in [0.05, 0.1) is 21.1 Å². The van der Waals surface area contributed by atoms with Gasteiger partial charge in [0.1, 0.15) is 5.97 Å². The number of unbranched alkanes of at least 4 members (excludes halogenated alkanes) is 1. The summed E-state index contributed by atoms with van der Waals surface area (Å²) >= 11 is 0. The monoisotopic (exact) mass is 288 g/mol. The molecule has 0 aliphatic rings. The van der Waals surface area contributed by atoms with Gasteiger partial charge >= 0.3 is 5.97 Å². The van der Waals surface area contributed by atoms with Crippen LogP contribution in [0.4, 0.5) is 0 Å². The van der Waals surface area contributed by atoms with Gasteiger partial charge in [0.2, 0.25) is 11.4 Å². The number of primary amides is 1. The molecule has 116 valence electrons. The molecule has 7 nitrogen and oxygen atoms in total. The smallest absolute Gasteiger partial charge is 0.372 e. The second kappa shape index (κ2) is 8.31. The highest BCUT2D eigenvalue weighted by molar-refractivity contribution is 6.00. The van der Waals surface area contributed by atoms with Crippen LogP contribution in [-0.2, 0) is 14.4 Å². The Balaban J connectivity index is 0. The van der Waals surface area contributed by atoms with E-state index < -0.39 is 23.4 Å². The summed E-state index contributed by atoms with van der Waals surface area (Å²) in [5.74, 6) is -3.33. The van der Waals surface area contributed by atoms with Gasteiger partial charge < -0.3 is 25.2 Å². The van der Waals surface area contributed by atoms with Gasteiger partial charge in [-0.1, -0.05) is 19.9 Å². The number of nitrogens with zero attached hydrogens (tertiary/aromatic N) is 1. The molecule has 0 aromatic heterocycles. The second-order valence-electron chi connectivity index (χ2n) is 5.18. The third-order valence-electron chi connectivity index (χ3n) is 2.93. The highest BCUT2D eigenvalue weighted by Gasteiger charge is 2.51. The van der Waals surface area contributed by atoms with E-state index in [-0.39, 0.29) is 10.9 Å². The lowest BCUT2D eigenvalue weighted by atomic mass is 9.89. The predicted octanol–water partition coefficient (Wildman–Crippen LogP) is -0.886. The van der Waals surface area contributed by atoms with Crippen LogP contribution in [0.3, 0.4) is 0 Å². The summed E-state index contributed by atoms with van der Waals surface area (Å²) in [4.78, 5) is 31.8. The molecular weight excluding hydrogens is 264 g/mol. The Bertz CT molecular complexity index is 357. The molecule has 3 N–H and O–H groups in total. The summed E-state index contributed by atoms with van der Waals surface area (Å²) in [5.41, 5.74) is 2.68. The number of carboxylic acid groups (broad SMARTS) is 2. The minimum absolute atomic E-state index is 0.0880. The maximum absolute atomic E-state index is 11.2. The summed E-state index contributed by atoms with van der Waals surface area (Å²) in [6, 6.07) is 0. The molecule has 0 bridgehead atoms. The molecule has 0 aromatic rings. The molecule has 0 aliphatic carbocycles. The average molecular weight is 288 g/mol. The lowest BCUT2D eigenvalue weighted by Crippen LogP contribution is -2.70. The molecule has 0 spiro atoms. The first-order valence-corrected chi connectivity index (χ1v) is 6.15. The number of rotatable bonds is 7. The van der Waals surface area contributed by atoms with Crippen molar-refractivity contribution in [3.8, 4) is 0 Å². The Labute approximate surface area is 119 Å². The maximum Gasteiger partial charge on any atom is 0.372 e. The van der Waals surface area contributed by atoms with E-state index in [1.54, 1.807) is 21.1 Å². The zero-order valence-electron chi connectivity index (χ0n) is 12.5. The Morgan fingerprint density at radius 3 is 1.90 bits per heavy atom. The Morgan fingerprint density at radius 2 is 1.75 bits per heavy atom. The number of carbonyl (C=O) groups excluding carboxylic acids is 2. The van der Waals surface area contributed by atoms with Crippen LogP contribution < -0.4 is 10.8 Å². The van der Waals surface area contributed by atoms with Crippen LogP contribution in [0.25, 0.3) is 0 Å². The van der Waals surface area contributed by atoms with Gasteiger partial charge in [-0.3, -0.25) is 4.79 Å². The van der Waals surface area contributed by atoms with Crippen LogP contribution in [-0.4, -0.2) is 54.1 Å². The molecule has 0 saturated heterocycles. The van der Waals surface area contributed by atoms with Gasteiger partial charge in [0.25, 0.3) is 0 Å². The minimum atomic E-state index is -1.85. The molecule has 1 atom stereocenters. The summed E-state index contributed by atoms with van der Waals surface area (Å²) < 4.78 is -0.176. The summed E-state index contributed by atoms with van der Waals surface area (Å²) in [7, 11) is 4.67. The SMILES string of the molecule is C=CC(N)=O.CCCCC(C(=O)[O-])(C(=O)O)[N+](C)(C)C. The van der Waals surface area contributed by atoms with E-state index in [2.05, 4.69) is 12.3 Å². The van der Waals surface area contributed by atoms with Crippen molar-refractivity contribution in [2.75, 3.05) is 21.1 Å². The van der Waals surface area contributed by atoms with E-state index in [4.69, 9.17) is 5.11 Å². The Hall–Kier alpha value is -1.89. The summed E-state index contributed by atoms with van der Waals surface area (Å²) in [6.07, 6.45) is 2.45. The van der Waals surface area contributed by atoms with E-state index in [0.717, 1.165) is 12.5 Å². The molecule has 0 rings (SSSR count). The molecule has 1 unspecified atom stereocenters. The first-order chi connectivity index (χ1) is 8.97. The number of nitrogens with two attached hydrogens (primary N) is 1. The van der Waals surface area contributed by atoms with Crippen LogP contribution >= 0.6 is 0 Å². The number of amides is 1. The van der Waals surface area contributed by atoms with Crippen LogP contribution in [0, 0.1) is 0 Å². The van der Waals surface area contributed by atoms with E-state index >= 15 is 0 Å². The van der Waals surface area contributed by atoms with E-state index in [9.17, 15) is 19.5 Å². The first-order valence-electron chi connectivity index (χ1n) is 6.15. The summed E-state index contributed by atoms with van der Waals surface area (Å²) in [6.45, 7) is 4.97. The van der Waals surface area contributed by atoms with Crippen molar-refractivity contribution in [3.05, 3.63) is 12.7 Å². The van der Waals surface area contributed by atoms with Gasteiger partial charge in [-0.25, -0.2) is 4.79 Å². The van der Waals surface area contributed by atoms with Crippen molar-refractivity contribution in [1.82, 2.24) is 0 Å². The molecule has 1 amide bonds. The molecule has 20 heavy (non-hydrogen) atoms. The predicted molar refractivity (Wildman–Crippen MR) is 72.3 cm³/mol. The van der Waals surface area contributed by atoms with E-state index in [1.807, 2.05) is 6.92 Å². The number of hydrogen-bond acceptors (Lipinski definition) is 4. The fourth-order valence-corrected chi connectivity index (χ4v) is 1.63. The van der Waals surface area contributed by atoms with Crippen LogP contribution in [0.2, 0.25) is 0 Å². The lowest BCUT2D eigenvalue weighted by molar-refractivity contribution is -0.907. The number of carbonyl (C=O) groups is 3. The topological polar surface area (TPSA) is 121 Å². The number of quaternary nitrogens is 1. The van der Waals surface area contributed by atoms with E-state index in [0.29, 0.717) is 6.42 Å². The van der Waals surface area contributed by atoms with Gasteiger partial charge in [-0.05, 0) is 12.5 Å². The minimum Gasteiger partial charge on any atom is -0.543 e. The normalized spacial score (nSPS) is 13.4. The summed E-state index contributed by atoms with van der Waals surface area (Å²) in [5, 5.41) is 20.2. The molecular formula is C13H24N2O5. The fraction of sp³-hybridized carbons (Fsp3) is 0.615. The van der Waals surface area contributed by atoms with Crippen molar-refractivity contribution >= 4 is 17.8 Å². The highest BCUT2D eigenvalue weighted by atomic mass is 16.4. The second-order valence-corrected chi connectivity index (χ2v) is 5.18. The van der Waals surface area contributed by atoms with Crippen molar-refractivity contribution in [2.24, 2.45) is 5.73 Å². The molecule has 7 heteroatoms. The largest absolute Gasteiger partial charge is 0.543 e. The standard InChI is InChI=1S/C10H19NO4.C3H5NO/c1-5-6-7-10(8(12)13,9(14)15)11(2,3)4;1-2-3(4)5/h5-7H2,1-4H3,(H-,12,13,14,15);2H,1H2,(H2,4,5). The number of likely N-dealkylation sites (N-methyl/N-ethyl adjacent to an activating group) is 1. The van der Waals surface area contributed by atoms with Gasteiger partial charge in [0.15, 0.2) is 0 Å². The molecule has 0 aromatic carbocycles. The molecule has 0 fully saturated rings. The molecule has 0 saturated carbocycles. The van der Waals surface area contributed by atoms with Crippen molar-refractivity contribution < 1.29 is 29.1 Å².